The summed E-state index contributed by atoms with van der Waals surface area (Å²) in [5, 5.41) is 0. The molecule has 0 aromatic carbocycles. The second-order valence-corrected chi connectivity index (χ2v) is 34.3. The van der Waals surface area contributed by atoms with Gasteiger partial charge in [0.1, 0.15) is 0 Å². The van der Waals surface area contributed by atoms with Crippen LogP contribution in [0.15, 0.2) is 0 Å². The van der Waals surface area contributed by atoms with Crippen LogP contribution in [0.4, 0.5) is 0 Å². The van der Waals surface area contributed by atoms with Gasteiger partial charge in [-0.3, -0.25) is 0 Å². The summed E-state index contributed by atoms with van der Waals surface area (Å²) in [6.45, 7) is 9.54. The van der Waals surface area contributed by atoms with E-state index < -0.39 is 12.4 Å². The molecule has 8 heavy (non-hydrogen) atoms. The van der Waals surface area contributed by atoms with E-state index in [1.54, 1.807) is 0 Å². The van der Waals surface area contributed by atoms with Crippen molar-refractivity contribution in [3.05, 3.63) is 0 Å². The molecule has 0 aromatic heterocycles. The fourth-order valence-electron chi connectivity index (χ4n) is 0. The van der Waals surface area contributed by atoms with Crippen LogP contribution in [0.1, 0.15) is 0 Å². The minimum atomic E-state index is -0.900. The predicted molar refractivity (Wildman–Crippen MR) is 46.5 cm³/mol. The second-order valence-electron chi connectivity index (χ2n) is 3.02. The molecule has 0 aliphatic heterocycles. The van der Waals surface area contributed by atoms with Gasteiger partial charge in [0.2, 0.25) is 0 Å². The maximum absolute atomic E-state index is 3.33. The zero-order chi connectivity index (χ0) is 7.00. The summed E-state index contributed by atoms with van der Waals surface area (Å²) in [6.07, 6.45) is -1.80. The van der Waals surface area contributed by atoms with E-state index in [1.807, 2.05) is 0 Å². The molecule has 0 saturated heterocycles. The van der Waals surface area contributed by atoms with E-state index in [2.05, 4.69) is 56.9 Å². The first-order valence-electron chi connectivity index (χ1n) is 2.66. The summed E-state index contributed by atoms with van der Waals surface area (Å²) in [4.78, 5) is 0. The Hall–Kier alpha value is 1.47. The van der Waals surface area contributed by atoms with Crippen molar-refractivity contribution < 1.29 is 0 Å². The quantitative estimate of drug-likeness (QED) is 0.621. The summed E-state index contributed by atoms with van der Waals surface area (Å²) in [5.74, 6) is 0. The third-order valence-electron chi connectivity index (χ3n) is 1.45. The zero-order valence-corrected chi connectivity index (χ0v) is 11.2. The topological polar surface area (TPSA) is 0 Å². The van der Waals surface area contributed by atoms with E-state index in [9.17, 15) is 0 Å². The van der Waals surface area contributed by atoms with Crippen molar-refractivity contribution in [1.29, 1.82) is 0 Å². The molecule has 0 bridgehead atoms. The van der Waals surface area contributed by atoms with Crippen molar-refractivity contribution in [1.82, 2.24) is 0 Å². The normalized spacial score (nSPS) is 14.2. The van der Waals surface area contributed by atoms with E-state index in [4.69, 9.17) is 0 Å². The third-order valence-corrected chi connectivity index (χ3v) is 38.2. The van der Waals surface area contributed by atoms with Gasteiger partial charge in [-0.25, -0.2) is 0 Å². The molecule has 0 atom stereocenters. The molecule has 4 heteroatoms. The summed E-state index contributed by atoms with van der Waals surface area (Å²) >= 11 is 6.65. The van der Waals surface area contributed by atoms with Crippen LogP contribution in [0.25, 0.3) is 0 Å². The van der Waals surface area contributed by atoms with Crippen molar-refractivity contribution in [3.8, 4) is 0 Å². The van der Waals surface area contributed by atoms with E-state index in [1.165, 1.54) is 0 Å². The Morgan fingerprint density at radius 3 is 0.875 bits per heavy atom. The van der Waals surface area contributed by atoms with Gasteiger partial charge in [-0.1, -0.05) is 0 Å². The van der Waals surface area contributed by atoms with Crippen LogP contribution in [-0.2, 0) is 0 Å². The molecule has 0 rings (SSSR count). The minimum absolute atomic E-state index is 0.900. The van der Waals surface area contributed by atoms with Gasteiger partial charge in [-0.05, 0) is 0 Å². The van der Waals surface area contributed by atoms with Crippen LogP contribution in [0.3, 0.4) is 0 Å². The Morgan fingerprint density at radius 1 is 0.750 bits per heavy atom. The van der Waals surface area contributed by atoms with Crippen LogP contribution in [-0.4, -0.2) is 43.1 Å². The third kappa shape index (κ3) is 2.85. The Balaban J connectivity index is 4.02. The van der Waals surface area contributed by atoms with Gasteiger partial charge in [0.05, 0.1) is 0 Å². The van der Waals surface area contributed by atoms with Crippen LogP contribution in [0.5, 0.6) is 0 Å². The van der Waals surface area contributed by atoms with Gasteiger partial charge in [0, 0.05) is 0 Å². The van der Waals surface area contributed by atoms with Gasteiger partial charge < -0.3 is 0 Å². The molecule has 0 unspecified atom stereocenters. The Kier molecular flexibility index (Phi) is 3.09. The van der Waals surface area contributed by atoms with Gasteiger partial charge >= 0.3 is 69.3 Å². The van der Waals surface area contributed by atoms with Crippen LogP contribution in [0, 0.1) is 0 Å². The molecule has 0 amide bonds. The van der Waals surface area contributed by atoms with E-state index in [0.717, 1.165) is 0 Å². The number of hydrogen-bond donors (Lipinski definition) is 0. The molecule has 0 aliphatic rings. The first kappa shape index (κ1) is 9.47. The molecule has 0 aliphatic carbocycles. The second kappa shape index (κ2) is 2.61. The summed E-state index contributed by atoms with van der Waals surface area (Å²) in [6, 6.07) is 0. The number of rotatable bonds is 1. The monoisotopic (exact) mass is 276 g/mol. The van der Waals surface area contributed by atoms with Crippen molar-refractivity contribution in [2.45, 2.75) is 26.2 Å². The SMILES string of the molecule is C[Si](C)([Se])[Si](C)(C)[Se]. The fraction of sp³-hybridized carbons (Fsp3) is 1.00. The Bertz CT molecular complexity index is 67.0. The van der Waals surface area contributed by atoms with E-state index >= 15 is 0 Å². The predicted octanol–water partition coefficient (Wildman–Crippen LogP) is 0.812. The first-order chi connectivity index (χ1) is 3.25. The first-order valence-corrected chi connectivity index (χ1v) is 14.6. The van der Waals surface area contributed by atoms with Crippen LogP contribution in [0.2, 0.25) is 26.2 Å². The number of hydrogen-bond acceptors (Lipinski definition) is 0. The van der Waals surface area contributed by atoms with Crippen LogP contribution >= 0.6 is 0 Å². The van der Waals surface area contributed by atoms with Crippen molar-refractivity contribution in [3.63, 3.8) is 0 Å². The van der Waals surface area contributed by atoms with Crippen molar-refractivity contribution in [2.75, 3.05) is 0 Å². The molecule has 0 aromatic rings. The molecule has 0 N–H and O–H groups in total. The van der Waals surface area contributed by atoms with Crippen LogP contribution < -0.4 is 0 Å². The molecule has 48 valence electrons. The molecule has 0 heterocycles. The van der Waals surface area contributed by atoms with Gasteiger partial charge in [0.25, 0.3) is 0 Å². The van der Waals surface area contributed by atoms with Gasteiger partial charge in [-0.15, -0.1) is 0 Å². The Labute approximate surface area is 69.1 Å². The standard InChI is InChI=1S/C4H12Se2Si2/c1-7(2,5)8(3,4)6/h1-4H3. The maximum atomic E-state index is 3.33. The molecule has 2 radical (unpaired) electrons. The zero-order valence-electron chi connectivity index (χ0n) is 5.82. The van der Waals surface area contributed by atoms with E-state index in [0.29, 0.717) is 0 Å². The summed E-state index contributed by atoms with van der Waals surface area (Å²) in [7, 11) is 0. The summed E-state index contributed by atoms with van der Waals surface area (Å²) in [5.41, 5.74) is 0. The molecule has 0 nitrogen and oxygen atoms in total. The molecule has 0 saturated carbocycles. The van der Waals surface area contributed by atoms with Crippen molar-refractivity contribution >= 4 is 43.1 Å². The molecule has 0 fully saturated rings. The van der Waals surface area contributed by atoms with Crippen molar-refractivity contribution in [2.24, 2.45) is 0 Å². The summed E-state index contributed by atoms with van der Waals surface area (Å²) < 4.78 is 0. The molecular formula is C4H12Se2Si2. The average molecular weight is 274 g/mol. The van der Waals surface area contributed by atoms with E-state index in [-0.39, 0.29) is 0 Å². The fourth-order valence-corrected chi connectivity index (χ4v) is 0. The molecule has 0 spiro atoms. The molecular weight excluding hydrogens is 262 g/mol. The van der Waals surface area contributed by atoms with Gasteiger partial charge in [-0.2, -0.15) is 0 Å². The average Bonchev–Trinajstić information content (AvgIpc) is 1.25. The Morgan fingerprint density at radius 2 is 0.875 bits per heavy atom. The van der Waals surface area contributed by atoms with Gasteiger partial charge in [0.15, 0.2) is 0 Å².